The maximum Gasteiger partial charge on any atom is 0.0431 e. The molecular formula is C23H26Cl2OZr. The van der Waals surface area contributed by atoms with Crippen LogP contribution >= 0.6 is 24.8 Å². The molecule has 142 valence electrons. The molecule has 1 unspecified atom stereocenters. The molecule has 0 saturated carbocycles. The minimum absolute atomic E-state index is 0. The summed E-state index contributed by atoms with van der Waals surface area (Å²) in [4.78, 5) is 0. The molecule has 0 bridgehead atoms. The van der Waals surface area contributed by atoms with E-state index < -0.39 is 0 Å². The number of rotatable bonds is 5. The van der Waals surface area contributed by atoms with Crippen LogP contribution in [-0.2, 0) is 32.6 Å². The fourth-order valence-corrected chi connectivity index (χ4v) is 4.19. The van der Waals surface area contributed by atoms with Crippen LogP contribution in [0.1, 0.15) is 54.4 Å². The summed E-state index contributed by atoms with van der Waals surface area (Å²) in [6.45, 7) is 2.57. The molecule has 1 N–H and O–H groups in total. The zero-order valence-electron chi connectivity index (χ0n) is 15.6. The second-order valence-corrected chi connectivity index (χ2v) is 6.98. The maximum absolute atomic E-state index is 9.19. The average Bonchev–Trinajstić information content (AvgIpc) is 3.26. The fraction of sp³-hybridized carbons (Fsp3) is 0.304. The van der Waals surface area contributed by atoms with Gasteiger partial charge in [0, 0.05) is 32.8 Å². The molecule has 4 heteroatoms. The van der Waals surface area contributed by atoms with Crippen molar-refractivity contribution < 1.29 is 31.3 Å². The second kappa shape index (κ2) is 10.8. The molecule has 0 amide bonds. The van der Waals surface area contributed by atoms with Gasteiger partial charge in [-0.05, 0) is 70.6 Å². The van der Waals surface area contributed by atoms with Crippen molar-refractivity contribution >= 4 is 30.4 Å². The van der Waals surface area contributed by atoms with Crippen molar-refractivity contribution in [2.75, 3.05) is 6.61 Å². The Morgan fingerprint density at radius 1 is 1.04 bits per heavy atom. The normalized spacial score (nSPS) is 14.2. The van der Waals surface area contributed by atoms with Gasteiger partial charge in [0.25, 0.3) is 0 Å². The third kappa shape index (κ3) is 4.68. The average molecular weight is 481 g/mol. The van der Waals surface area contributed by atoms with E-state index in [2.05, 4.69) is 61.5 Å². The molecule has 0 spiro atoms. The van der Waals surface area contributed by atoms with Crippen molar-refractivity contribution in [2.45, 2.75) is 38.5 Å². The molecule has 1 nitrogen and oxygen atoms in total. The van der Waals surface area contributed by atoms with Gasteiger partial charge in [-0.25, -0.2) is 0 Å². The van der Waals surface area contributed by atoms with Crippen LogP contribution in [0.5, 0.6) is 0 Å². The molecule has 0 heterocycles. The zero-order valence-corrected chi connectivity index (χ0v) is 19.7. The molecule has 2 aromatic rings. The molecule has 27 heavy (non-hydrogen) atoms. The summed E-state index contributed by atoms with van der Waals surface area (Å²) < 4.78 is 0. The third-order valence-electron chi connectivity index (χ3n) is 5.44. The largest absolute Gasteiger partial charge is 0.396 e. The Bertz CT molecular complexity index is 842. The number of aliphatic hydroxyl groups is 1. The van der Waals surface area contributed by atoms with E-state index in [1.54, 1.807) is 0 Å². The molecule has 4 rings (SSSR count). The molecular weight excluding hydrogens is 454 g/mol. The SMILES string of the molecule is CC(CCCO)c1ccc(C2=CC=CC2)c2c1-c1ccccc1C2.Cl.Cl.[Zr]. The van der Waals surface area contributed by atoms with Crippen molar-refractivity contribution in [3.05, 3.63) is 76.9 Å². The van der Waals surface area contributed by atoms with Gasteiger partial charge in [0.1, 0.15) is 0 Å². The summed E-state index contributed by atoms with van der Waals surface area (Å²) in [5.74, 6) is 0.474. The third-order valence-corrected chi connectivity index (χ3v) is 5.44. The van der Waals surface area contributed by atoms with Crippen LogP contribution in [0.4, 0.5) is 0 Å². The van der Waals surface area contributed by atoms with Gasteiger partial charge in [0.05, 0.1) is 0 Å². The van der Waals surface area contributed by atoms with Gasteiger partial charge >= 0.3 is 0 Å². The van der Waals surface area contributed by atoms with E-state index in [9.17, 15) is 5.11 Å². The van der Waals surface area contributed by atoms with Crippen molar-refractivity contribution in [1.29, 1.82) is 0 Å². The van der Waals surface area contributed by atoms with E-state index in [-0.39, 0.29) is 57.6 Å². The van der Waals surface area contributed by atoms with Crippen LogP contribution in [0, 0.1) is 0 Å². The van der Waals surface area contributed by atoms with Crippen LogP contribution in [0.2, 0.25) is 0 Å². The van der Waals surface area contributed by atoms with Gasteiger partial charge in [0.15, 0.2) is 0 Å². The number of hydrogen-bond acceptors (Lipinski definition) is 1. The van der Waals surface area contributed by atoms with Crippen LogP contribution in [0.3, 0.4) is 0 Å². The fourth-order valence-electron chi connectivity index (χ4n) is 4.19. The number of halogens is 2. The molecule has 2 aliphatic carbocycles. The van der Waals surface area contributed by atoms with Gasteiger partial charge in [-0.3, -0.25) is 0 Å². The molecule has 2 aliphatic rings. The quantitative estimate of drug-likeness (QED) is 0.453. The number of fused-ring (bicyclic) bond motifs is 3. The van der Waals surface area contributed by atoms with Crippen LogP contribution in [0.15, 0.2) is 54.6 Å². The first-order valence-electron chi connectivity index (χ1n) is 9.00. The monoisotopic (exact) mass is 478 g/mol. The number of aliphatic hydroxyl groups excluding tert-OH is 1. The Hall–Kier alpha value is -0.657. The summed E-state index contributed by atoms with van der Waals surface area (Å²) in [6.07, 6.45) is 10.7. The molecule has 0 aromatic heterocycles. The van der Waals surface area contributed by atoms with E-state index in [0.29, 0.717) is 5.92 Å². The molecule has 1 atom stereocenters. The minimum atomic E-state index is 0. The Labute approximate surface area is 193 Å². The first kappa shape index (κ1) is 24.4. The van der Waals surface area contributed by atoms with Gasteiger partial charge in [-0.2, -0.15) is 0 Å². The van der Waals surface area contributed by atoms with Gasteiger partial charge in [0.2, 0.25) is 0 Å². The molecule has 0 radical (unpaired) electrons. The first-order valence-corrected chi connectivity index (χ1v) is 9.00. The van der Waals surface area contributed by atoms with Crippen LogP contribution < -0.4 is 0 Å². The first-order chi connectivity index (χ1) is 11.8. The number of allylic oxidation sites excluding steroid dienone is 4. The van der Waals surface area contributed by atoms with E-state index >= 15 is 0 Å². The molecule has 0 aliphatic heterocycles. The smallest absolute Gasteiger partial charge is 0.0431 e. The van der Waals surface area contributed by atoms with Crippen molar-refractivity contribution in [1.82, 2.24) is 0 Å². The van der Waals surface area contributed by atoms with Crippen molar-refractivity contribution in [3.8, 4) is 11.1 Å². The summed E-state index contributed by atoms with van der Waals surface area (Å²) >= 11 is 0. The zero-order chi connectivity index (χ0) is 16.5. The number of benzene rings is 2. The summed E-state index contributed by atoms with van der Waals surface area (Å²) in [7, 11) is 0. The van der Waals surface area contributed by atoms with E-state index in [0.717, 1.165) is 25.7 Å². The Morgan fingerprint density at radius 2 is 1.81 bits per heavy atom. The topological polar surface area (TPSA) is 20.2 Å². The molecule has 0 fully saturated rings. The van der Waals surface area contributed by atoms with Gasteiger partial charge in [-0.15, -0.1) is 24.8 Å². The van der Waals surface area contributed by atoms with Gasteiger partial charge < -0.3 is 5.11 Å². The summed E-state index contributed by atoms with van der Waals surface area (Å²) in [6, 6.07) is 13.5. The summed E-state index contributed by atoms with van der Waals surface area (Å²) in [5.41, 5.74) is 10.1. The number of hydrogen-bond donors (Lipinski definition) is 1. The molecule has 0 saturated heterocycles. The van der Waals surface area contributed by atoms with Crippen LogP contribution in [0.25, 0.3) is 16.7 Å². The summed E-state index contributed by atoms with van der Waals surface area (Å²) in [5, 5.41) is 9.19. The van der Waals surface area contributed by atoms with Crippen molar-refractivity contribution in [2.24, 2.45) is 0 Å². The molecule has 2 aromatic carbocycles. The predicted octanol–water partition coefficient (Wildman–Crippen LogP) is 6.32. The van der Waals surface area contributed by atoms with E-state index in [4.69, 9.17) is 0 Å². The van der Waals surface area contributed by atoms with E-state index in [1.165, 1.54) is 39.0 Å². The van der Waals surface area contributed by atoms with Crippen LogP contribution in [-0.4, -0.2) is 11.7 Å². The van der Waals surface area contributed by atoms with E-state index in [1.807, 2.05) is 0 Å². The maximum atomic E-state index is 9.19. The van der Waals surface area contributed by atoms with Crippen molar-refractivity contribution in [3.63, 3.8) is 0 Å². The second-order valence-electron chi connectivity index (χ2n) is 6.98. The van der Waals surface area contributed by atoms with Gasteiger partial charge in [-0.1, -0.05) is 61.5 Å². The minimum Gasteiger partial charge on any atom is -0.396 e. The standard InChI is InChI=1S/C23H24O.2ClH.Zr/c1-16(7-6-14-24)19-12-13-20(17-8-2-3-9-17)22-15-18-10-4-5-11-21(18)23(19)22;;;/h2-5,8,10-13,16,24H,6-7,9,14-15H2,1H3;2*1H;. The predicted molar refractivity (Wildman–Crippen MR) is 116 cm³/mol. The Morgan fingerprint density at radius 3 is 2.52 bits per heavy atom. The Kier molecular flexibility index (Phi) is 9.72. The Balaban J connectivity index is 0.00000121.